The third kappa shape index (κ3) is 9.89. The second-order valence-electron chi connectivity index (χ2n) is 6.01. The fraction of sp³-hybridized carbons (Fsp3) is 0.130. The fourth-order valence-corrected chi connectivity index (χ4v) is 2.15. The van der Waals surface area contributed by atoms with Crippen molar-refractivity contribution in [1.82, 2.24) is 0 Å². The van der Waals surface area contributed by atoms with Crippen LogP contribution in [0.15, 0.2) is 91.0 Å². The van der Waals surface area contributed by atoms with Crippen LogP contribution in [0.4, 0.5) is 0 Å². The van der Waals surface area contributed by atoms with Gasteiger partial charge in [0.05, 0.1) is 11.1 Å². The average Bonchev–Trinajstić information content (AvgIpc) is 2.70. The highest BCUT2D eigenvalue weighted by molar-refractivity contribution is 5.87. The molecule has 28 heavy (non-hydrogen) atoms. The smallest absolute Gasteiger partial charge is 0.335 e. The predicted octanol–water partition coefficient (Wildman–Crippen LogP) is 4.35. The second-order valence-corrected chi connectivity index (χ2v) is 6.01. The molecule has 1 atom stereocenters. The number of aromatic carboxylic acids is 2. The molecule has 0 aliphatic heterocycles. The molecule has 0 saturated carbocycles. The summed E-state index contributed by atoms with van der Waals surface area (Å²) >= 11 is 0. The van der Waals surface area contributed by atoms with Crippen LogP contribution in [-0.2, 0) is 6.42 Å². The van der Waals surface area contributed by atoms with Gasteiger partial charge in [-0.15, -0.1) is 0 Å². The lowest BCUT2D eigenvalue weighted by molar-refractivity contribution is 0.0686. The first kappa shape index (κ1) is 22.6. The van der Waals surface area contributed by atoms with Gasteiger partial charge in [0, 0.05) is 6.04 Å². The Kier molecular flexibility index (Phi) is 10.4. The fourth-order valence-electron chi connectivity index (χ4n) is 2.15. The zero-order valence-corrected chi connectivity index (χ0v) is 15.7. The first-order valence-electron chi connectivity index (χ1n) is 8.76. The minimum absolute atomic E-state index is 0.266. The summed E-state index contributed by atoms with van der Waals surface area (Å²) in [5.41, 5.74) is 7.60. The second kappa shape index (κ2) is 12.8. The lowest BCUT2D eigenvalue weighted by Gasteiger charge is -2.02. The Morgan fingerprint density at radius 3 is 1.29 bits per heavy atom. The normalized spacial score (nSPS) is 10.4. The van der Waals surface area contributed by atoms with E-state index in [1.54, 1.807) is 60.7 Å². The quantitative estimate of drug-likeness (QED) is 0.626. The van der Waals surface area contributed by atoms with Gasteiger partial charge >= 0.3 is 11.9 Å². The highest BCUT2D eigenvalue weighted by atomic mass is 16.4. The maximum Gasteiger partial charge on any atom is 0.335 e. The van der Waals surface area contributed by atoms with Crippen LogP contribution in [0, 0.1) is 0 Å². The van der Waals surface area contributed by atoms with Gasteiger partial charge in [0.25, 0.3) is 0 Å². The molecule has 3 aromatic rings. The van der Waals surface area contributed by atoms with Crippen molar-refractivity contribution < 1.29 is 19.8 Å². The van der Waals surface area contributed by atoms with Gasteiger partial charge in [0.15, 0.2) is 0 Å². The van der Waals surface area contributed by atoms with Crippen LogP contribution in [0.25, 0.3) is 0 Å². The van der Waals surface area contributed by atoms with Gasteiger partial charge in [-0.3, -0.25) is 0 Å². The molecular formula is C23H25NO4. The third-order valence-corrected chi connectivity index (χ3v) is 3.44. The molecule has 4 N–H and O–H groups in total. The van der Waals surface area contributed by atoms with Gasteiger partial charge in [0.2, 0.25) is 0 Å². The van der Waals surface area contributed by atoms with E-state index in [2.05, 4.69) is 12.1 Å². The Bertz CT molecular complexity index is 769. The van der Waals surface area contributed by atoms with Gasteiger partial charge in [-0.25, -0.2) is 9.59 Å². The number of benzene rings is 3. The van der Waals surface area contributed by atoms with Crippen molar-refractivity contribution in [2.24, 2.45) is 5.73 Å². The summed E-state index contributed by atoms with van der Waals surface area (Å²) < 4.78 is 0. The lowest BCUT2D eigenvalue weighted by Crippen LogP contribution is -2.17. The van der Waals surface area contributed by atoms with Crippen molar-refractivity contribution in [3.63, 3.8) is 0 Å². The summed E-state index contributed by atoms with van der Waals surface area (Å²) in [6, 6.07) is 27.2. The molecule has 3 rings (SSSR count). The SMILES string of the molecule is CC(N)Cc1ccccc1.O=C(O)c1ccccc1.O=C(O)c1ccccc1. The summed E-state index contributed by atoms with van der Waals surface area (Å²) in [6.07, 6.45) is 0.973. The number of hydrogen-bond acceptors (Lipinski definition) is 3. The van der Waals surface area contributed by atoms with E-state index in [0.29, 0.717) is 11.1 Å². The van der Waals surface area contributed by atoms with Crippen LogP contribution in [0.1, 0.15) is 33.2 Å². The highest BCUT2D eigenvalue weighted by Gasteiger charge is 1.97. The van der Waals surface area contributed by atoms with E-state index in [1.165, 1.54) is 5.56 Å². The molecule has 0 aliphatic carbocycles. The van der Waals surface area contributed by atoms with E-state index in [4.69, 9.17) is 15.9 Å². The van der Waals surface area contributed by atoms with Crippen LogP contribution in [0.3, 0.4) is 0 Å². The van der Waals surface area contributed by atoms with E-state index < -0.39 is 11.9 Å². The highest BCUT2D eigenvalue weighted by Crippen LogP contribution is 2.00. The molecule has 146 valence electrons. The Hall–Kier alpha value is -3.44. The largest absolute Gasteiger partial charge is 0.478 e. The summed E-state index contributed by atoms with van der Waals surface area (Å²) in [6.45, 7) is 2.02. The summed E-state index contributed by atoms with van der Waals surface area (Å²) in [5.74, 6) is -1.76. The Balaban J connectivity index is 0.000000210. The summed E-state index contributed by atoms with van der Waals surface area (Å²) in [5, 5.41) is 16.8. The van der Waals surface area contributed by atoms with Crippen molar-refractivity contribution in [1.29, 1.82) is 0 Å². The van der Waals surface area contributed by atoms with Gasteiger partial charge in [-0.2, -0.15) is 0 Å². The van der Waals surface area contributed by atoms with Crippen LogP contribution in [0.5, 0.6) is 0 Å². The minimum atomic E-state index is -0.879. The zero-order valence-electron chi connectivity index (χ0n) is 15.7. The molecule has 0 aromatic heterocycles. The molecule has 0 heterocycles. The van der Waals surface area contributed by atoms with Crippen LogP contribution >= 0.6 is 0 Å². The standard InChI is InChI=1S/C9H13N.2C7H6O2/c1-8(10)7-9-5-3-2-4-6-9;2*8-7(9)6-4-2-1-3-5-6/h2-6,8H,7,10H2,1H3;2*1-5H,(H,8,9). The van der Waals surface area contributed by atoms with E-state index in [9.17, 15) is 9.59 Å². The number of carboxylic acid groups (broad SMARTS) is 2. The molecule has 0 spiro atoms. The number of carbonyl (C=O) groups is 2. The maximum absolute atomic E-state index is 10.2. The summed E-state index contributed by atoms with van der Waals surface area (Å²) in [4.78, 5) is 20.4. The molecule has 3 aromatic carbocycles. The number of carboxylic acids is 2. The monoisotopic (exact) mass is 379 g/mol. The van der Waals surface area contributed by atoms with Crippen molar-refractivity contribution in [3.05, 3.63) is 108 Å². The Morgan fingerprint density at radius 2 is 1.04 bits per heavy atom. The van der Waals surface area contributed by atoms with E-state index in [1.807, 2.05) is 25.1 Å². The maximum atomic E-state index is 10.2. The van der Waals surface area contributed by atoms with Crippen LogP contribution in [-0.4, -0.2) is 28.2 Å². The average molecular weight is 379 g/mol. The first-order chi connectivity index (χ1) is 13.4. The lowest BCUT2D eigenvalue weighted by atomic mass is 10.1. The number of rotatable bonds is 4. The van der Waals surface area contributed by atoms with E-state index in [-0.39, 0.29) is 6.04 Å². The molecule has 1 unspecified atom stereocenters. The molecule has 0 fully saturated rings. The van der Waals surface area contributed by atoms with Crippen molar-refractivity contribution in [2.75, 3.05) is 0 Å². The van der Waals surface area contributed by atoms with Crippen molar-refractivity contribution in [3.8, 4) is 0 Å². The van der Waals surface area contributed by atoms with Crippen molar-refractivity contribution in [2.45, 2.75) is 19.4 Å². The molecule has 0 radical (unpaired) electrons. The summed E-state index contributed by atoms with van der Waals surface area (Å²) in [7, 11) is 0. The Morgan fingerprint density at radius 1 is 0.714 bits per heavy atom. The van der Waals surface area contributed by atoms with Gasteiger partial charge in [-0.1, -0.05) is 66.7 Å². The molecule has 0 saturated heterocycles. The van der Waals surface area contributed by atoms with E-state index in [0.717, 1.165) is 6.42 Å². The molecule has 0 aliphatic rings. The van der Waals surface area contributed by atoms with Crippen molar-refractivity contribution >= 4 is 11.9 Å². The molecular weight excluding hydrogens is 354 g/mol. The van der Waals surface area contributed by atoms with Crippen LogP contribution < -0.4 is 5.73 Å². The predicted molar refractivity (Wildman–Crippen MR) is 111 cm³/mol. The van der Waals surface area contributed by atoms with Crippen LogP contribution in [0.2, 0.25) is 0 Å². The third-order valence-electron chi connectivity index (χ3n) is 3.44. The molecule has 0 amide bonds. The number of nitrogens with two attached hydrogens (primary N) is 1. The van der Waals surface area contributed by atoms with Gasteiger partial charge < -0.3 is 15.9 Å². The number of hydrogen-bond donors (Lipinski definition) is 3. The van der Waals surface area contributed by atoms with Gasteiger partial charge in [0.1, 0.15) is 0 Å². The topological polar surface area (TPSA) is 101 Å². The van der Waals surface area contributed by atoms with Gasteiger partial charge in [-0.05, 0) is 43.2 Å². The Labute approximate surface area is 165 Å². The zero-order chi connectivity index (χ0) is 20.8. The van der Waals surface area contributed by atoms with E-state index >= 15 is 0 Å². The molecule has 5 nitrogen and oxygen atoms in total. The minimum Gasteiger partial charge on any atom is -0.478 e. The first-order valence-corrected chi connectivity index (χ1v) is 8.76. The molecule has 5 heteroatoms. The molecule has 0 bridgehead atoms.